The second-order valence-electron chi connectivity index (χ2n) is 5.11. The van der Waals surface area contributed by atoms with Gasteiger partial charge in [0.05, 0.1) is 19.0 Å². The lowest BCUT2D eigenvalue weighted by Crippen LogP contribution is -2.18. The zero-order chi connectivity index (χ0) is 17.6. The Bertz CT molecular complexity index is 903. The van der Waals surface area contributed by atoms with Crippen molar-refractivity contribution in [3.05, 3.63) is 71.7 Å². The number of carbonyl (C=O) groups is 1. The van der Waals surface area contributed by atoms with Crippen LogP contribution in [0.25, 0.3) is 11.3 Å². The molecule has 0 radical (unpaired) electrons. The molecule has 0 aliphatic carbocycles. The Morgan fingerprint density at radius 2 is 2.00 bits per heavy atom. The minimum atomic E-state index is -0.438. The molecule has 0 saturated carbocycles. The van der Waals surface area contributed by atoms with Gasteiger partial charge in [-0.25, -0.2) is 9.82 Å². The lowest BCUT2D eigenvalue weighted by atomic mass is 10.1. The standard InChI is InChI=1S/C18H15FN4O2/c1-25-17-5-3-2-4-13(17)11-20-23-18(24)16-10-15(21-22-16)12-6-8-14(19)9-7-12/h2-11H,1H3,(H,21,22)(H,23,24)/b20-11+. The molecule has 0 bridgehead atoms. The van der Waals surface area contributed by atoms with Crippen LogP contribution in [0.5, 0.6) is 5.75 Å². The van der Waals surface area contributed by atoms with Gasteiger partial charge in [-0.1, -0.05) is 12.1 Å². The fourth-order valence-corrected chi connectivity index (χ4v) is 2.20. The number of H-pyrrole nitrogens is 1. The first-order valence-corrected chi connectivity index (χ1v) is 7.45. The van der Waals surface area contributed by atoms with Crippen molar-refractivity contribution in [3.63, 3.8) is 0 Å². The molecule has 0 aliphatic rings. The Balaban J connectivity index is 1.68. The number of aromatic amines is 1. The molecule has 0 aliphatic heterocycles. The summed E-state index contributed by atoms with van der Waals surface area (Å²) in [5.74, 6) is -0.115. The highest BCUT2D eigenvalue weighted by molar-refractivity contribution is 5.94. The van der Waals surface area contributed by atoms with Crippen molar-refractivity contribution in [2.45, 2.75) is 0 Å². The molecule has 0 fully saturated rings. The highest BCUT2D eigenvalue weighted by atomic mass is 19.1. The van der Waals surface area contributed by atoms with Crippen LogP contribution in [0.15, 0.2) is 59.7 Å². The average molecular weight is 338 g/mol. The highest BCUT2D eigenvalue weighted by Crippen LogP contribution is 2.18. The van der Waals surface area contributed by atoms with Crippen LogP contribution in [0.1, 0.15) is 16.1 Å². The number of hydrogen-bond donors (Lipinski definition) is 2. The molecule has 3 rings (SSSR count). The fourth-order valence-electron chi connectivity index (χ4n) is 2.20. The Morgan fingerprint density at radius 1 is 1.24 bits per heavy atom. The Labute approximate surface area is 143 Å². The van der Waals surface area contributed by atoms with Crippen LogP contribution in [-0.2, 0) is 0 Å². The van der Waals surface area contributed by atoms with Gasteiger partial charge in [0.15, 0.2) is 0 Å². The number of nitrogens with one attached hydrogen (secondary N) is 2. The van der Waals surface area contributed by atoms with Crippen molar-refractivity contribution in [3.8, 4) is 17.0 Å². The van der Waals surface area contributed by atoms with E-state index >= 15 is 0 Å². The van der Waals surface area contributed by atoms with Crippen molar-refractivity contribution >= 4 is 12.1 Å². The number of methoxy groups -OCH3 is 1. The molecule has 6 nitrogen and oxygen atoms in total. The number of amides is 1. The maximum Gasteiger partial charge on any atom is 0.289 e. The normalized spacial score (nSPS) is 10.8. The summed E-state index contributed by atoms with van der Waals surface area (Å²) >= 11 is 0. The molecule has 3 aromatic rings. The predicted molar refractivity (Wildman–Crippen MR) is 92.0 cm³/mol. The number of nitrogens with zero attached hydrogens (tertiary/aromatic N) is 2. The summed E-state index contributed by atoms with van der Waals surface area (Å²) in [4.78, 5) is 12.1. The summed E-state index contributed by atoms with van der Waals surface area (Å²) in [5, 5.41) is 10.6. The number of ether oxygens (including phenoxy) is 1. The SMILES string of the molecule is COc1ccccc1/C=N/NC(=O)c1cc(-c2ccc(F)cc2)n[nH]1. The van der Waals surface area contributed by atoms with Crippen molar-refractivity contribution in [1.29, 1.82) is 0 Å². The van der Waals surface area contributed by atoms with E-state index in [-0.39, 0.29) is 11.5 Å². The topological polar surface area (TPSA) is 79.4 Å². The van der Waals surface area contributed by atoms with E-state index in [0.717, 1.165) is 5.56 Å². The first-order valence-electron chi connectivity index (χ1n) is 7.45. The zero-order valence-electron chi connectivity index (χ0n) is 13.4. The number of benzene rings is 2. The number of hydrazone groups is 1. The third-order valence-electron chi connectivity index (χ3n) is 3.47. The van der Waals surface area contributed by atoms with Crippen LogP contribution in [0, 0.1) is 5.82 Å². The van der Waals surface area contributed by atoms with Gasteiger partial charge in [0.25, 0.3) is 5.91 Å². The minimum Gasteiger partial charge on any atom is -0.496 e. The van der Waals surface area contributed by atoms with E-state index < -0.39 is 5.91 Å². The van der Waals surface area contributed by atoms with Gasteiger partial charge in [0.2, 0.25) is 0 Å². The lowest BCUT2D eigenvalue weighted by Gasteiger charge is -2.02. The summed E-state index contributed by atoms with van der Waals surface area (Å²) in [6, 6.07) is 14.7. The Kier molecular flexibility index (Phi) is 4.84. The molecule has 0 atom stereocenters. The van der Waals surface area contributed by atoms with Crippen LogP contribution in [0.4, 0.5) is 4.39 Å². The van der Waals surface area contributed by atoms with E-state index in [4.69, 9.17) is 4.74 Å². The molecule has 2 N–H and O–H groups in total. The predicted octanol–water partition coefficient (Wildman–Crippen LogP) is 2.99. The van der Waals surface area contributed by atoms with Crippen molar-refractivity contribution in [2.75, 3.05) is 7.11 Å². The lowest BCUT2D eigenvalue weighted by molar-refractivity contribution is 0.0950. The van der Waals surface area contributed by atoms with E-state index in [9.17, 15) is 9.18 Å². The van der Waals surface area contributed by atoms with Gasteiger partial charge < -0.3 is 4.74 Å². The van der Waals surface area contributed by atoms with E-state index in [1.165, 1.54) is 18.3 Å². The molecule has 0 spiro atoms. The minimum absolute atomic E-state index is 0.247. The van der Waals surface area contributed by atoms with Gasteiger partial charge >= 0.3 is 0 Å². The number of aromatic nitrogens is 2. The molecule has 7 heteroatoms. The van der Waals surface area contributed by atoms with E-state index in [0.29, 0.717) is 17.0 Å². The number of para-hydroxylation sites is 1. The van der Waals surface area contributed by atoms with Crippen molar-refractivity contribution in [1.82, 2.24) is 15.6 Å². The van der Waals surface area contributed by atoms with Crippen molar-refractivity contribution in [2.24, 2.45) is 5.10 Å². The summed E-state index contributed by atoms with van der Waals surface area (Å²) in [5.41, 5.74) is 4.64. The Hall–Kier alpha value is -3.48. The van der Waals surface area contributed by atoms with Gasteiger partial charge in [-0.05, 0) is 42.5 Å². The first-order chi connectivity index (χ1) is 12.2. The Morgan fingerprint density at radius 3 is 2.76 bits per heavy atom. The first kappa shape index (κ1) is 16.4. The quantitative estimate of drug-likeness (QED) is 0.554. The van der Waals surface area contributed by atoms with Crippen LogP contribution in [0.3, 0.4) is 0 Å². The van der Waals surface area contributed by atoms with Crippen LogP contribution in [0.2, 0.25) is 0 Å². The third kappa shape index (κ3) is 3.89. The largest absolute Gasteiger partial charge is 0.496 e. The van der Waals surface area contributed by atoms with Gasteiger partial charge in [-0.3, -0.25) is 9.89 Å². The van der Waals surface area contributed by atoms with Crippen LogP contribution in [-0.4, -0.2) is 29.4 Å². The molecule has 2 aromatic carbocycles. The third-order valence-corrected chi connectivity index (χ3v) is 3.47. The van der Waals surface area contributed by atoms with Crippen LogP contribution < -0.4 is 10.2 Å². The molecule has 0 saturated heterocycles. The zero-order valence-corrected chi connectivity index (χ0v) is 13.4. The number of halogens is 1. The second-order valence-corrected chi connectivity index (χ2v) is 5.11. The number of carbonyl (C=O) groups excluding carboxylic acids is 1. The molecular formula is C18H15FN4O2. The molecule has 25 heavy (non-hydrogen) atoms. The van der Waals surface area contributed by atoms with E-state index in [2.05, 4.69) is 20.7 Å². The summed E-state index contributed by atoms with van der Waals surface area (Å²) in [7, 11) is 1.56. The van der Waals surface area contributed by atoms with Crippen LogP contribution >= 0.6 is 0 Å². The average Bonchev–Trinajstić information content (AvgIpc) is 3.13. The molecule has 1 heterocycles. The molecule has 126 valence electrons. The van der Waals surface area contributed by atoms with Gasteiger partial charge in [-0.15, -0.1) is 0 Å². The fraction of sp³-hybridized carbons (Fsp3) is 0.0556. The van der Waals surface area contributed by atoms with Gasteiger partial charge in [0.1, 0.15) is 17.3 Å². The highest BCUT2D eigenvalue weighted by Gasteiger charge is 2.10. The molecule has 1 amide bonds. The number of rotatable bonds is 5. The summed E-state index contributed by atoms with van der Waals surface area (Å²) < 4.78 is 18.2. The molecule has 1 aromatic heterocycles. The van der Waals surface area contributed by atoms with E-state index in [1.807, 2.05) is 18.2 Å². The maximum atomic E-state index is 13.0. The second kappa shape index (κ2) is 7.39. The van der Waals surface area contributed by atoms with Gasteiger partial charge in [-0.2, -0.15) is 10.2 Å². The maximum absolute atomic E-state index is 13.0. The summed E-state index contributed by atoms with van der Waals surface area (Å²) in [6.07, 6.45) is 1.49. The van der Waals surface area contributed by atoms with Crippen molar-refractivity contribution < 1.29 is 13.9 Å². The molecule has 0 unspecified atom stereocenters. The van der Waals surface area contributed by atoms with Gasteiger partial charge in [0, 0.05) is 11.1 Å². The summed E-state index contributed by atoms with van der Waals surface area (Å²) in [6.45, 7) is 0. The monoisotopic (exact) mass is 338 g/mol. The van der Waals surface area contributed by atoms with E-state index in [1.54, 1.807) is 31.4 Å². The number of hydrogen-bond acceptors (Lipinski definition) is 4. The molecular weight excluding hydrogens is 323 g/mol. The smallest absolute Gasteiger partial charge is 0.289 e.